The van der Waals surface area contributed by atoms with Gasteiger partial charge < -0.3 is 24.7 Å². The molecule has 1 aliphatic heterocycles. The lowest BCUT2D eigenvalue weighted by Gasteiger charge is -2.35. The van der Waals surface area contributed by atoms with Gasteiger partial charge in [-0.1, -0.05) is 12.1 Å². The second kappa shape index (κ2) is 9.49. The van der Waals surface area contributed by atoms with Crippen molar-refractivity contribution in [2.45, 2.75) is 32.7 Å². The fourth-order valence-electron chi connectivity index (χ4n) is 3.64. The van der Waals surface area contributed by atoms with E-state index < -0.39 is 18.0 Å². The van der Waals surface area contributed by atoms with Gasteiger partial charge in [-0.15, -0.1) is 0 Å². The van der Waals surface area contributed by atoms with Crippen LogP contribution in [0.5, 0.6) is 5.75 Å². The number of aromatic nitrogens is 3. The van der Waals surface area contributed by atoms with Gasteiger partial charge in [-0.2, -0.15) is 13.8 Å². The molecule has 1 saturated heterocycles. The molecule has 2 unspecified atom stereocenters. The molecule has 1 fully saturated rings. The molecule has 3 aromatic rings. The molecule has 0 bridgehead atoms. The summed E-state index contributed by atoms with van der Waals surface area (Å²) in [6.45, 7) is 2.05. The molecule has 174 valence electrons. The van der Waals surface area contributed by atoms with Gasteiger partial charge >= 0.3 is 6.61 Å². The van der Waals surface area contributed by atoms with E-state index in [9.17, 15) is 18.0 Å². The predicted molar refractivity (Wildman–Crippen MR) is 117 cm³/mol. The number of ether oxygens (including phenoxy) is 2. The molecular weight excluding hydrogens is 439 g/mol. The van der Waals surface area contributed by atoms with E-state index >= 15 is 0 Å². The van der Waals surface area contributed by atoms with Crippen LogP contribution in [-0.4, -0.2) is 46.9 Å². The summed E-state index contributed by atoms with van der Waals surface area (Å²) >= 11 is 0. The highest BCUT2D eigenvalue weighted by molar-refractivity contribution is 5.69. The van der Waals surface area contributed by atoms with Crippen molar-refractivity contribution < 1.29 is 22.6 Å². The number of aromatic amines is 1. The van der Waals surface area contributed by atoms with Gasteiger partial charge in [0.25, 0.3) is 5.56 Å². The Kier molecular flexibility index (Phi) is 6.50. The number of pyridine rings is 1. The van der Waals surface area contributed by atoms with Crippen LogP contribution in [0.3, 0.4) is 0 Å². The third-order valence-electron chi connectivity index (χ3n) is 5.00. The average Bonchev–Trinajstić information content (AvgIpc) is 2.76. The third kappa shape index (κ3) is 5.43. The summed E-state index contributed by atoms with van der Waals surface area (Å²) in [5.41, 5.74) is 0.791. The van der Waals surface area contributed by atoms with Crippen LogP contribution in [0.2, 0.25) is 0 Å². The van der Waals surface area contributed by atoms with E-state index in [4.69, 9.17) is 4.74 Å². The first-order valence-corrected chi connectivity index (χ1v) is 10.3. The molecule has 0 aliphatic carbocycles. The maximum atomic E-state index is 14.5. The van der Waals surface area contributed by atoms with Gasteiger partial charge in [0.15, 0.2) is 11.6 Å². The summed E-state index contributed by atoms with van der Waals surface area (Å²) in [4.78, 5) is 25.2. The molecular formula is C22H22F3N5O3. The molecule has 2 atom stereocenters. The Morgan fingerprint density at radius 2 is 1.88 bits per heavy atom. The standard InChI is InChI=1S/C22H22F3N5O3/c1-12-10-30(11-13(2)32-12)22-27-9-17(23)19(29-22)28-18-7-15(8-26-20(18)31)14-3-5-16(6-4-14)33-21(24)25/h3-9,12-13,21H,10-11H2,1-2H3,(H,26,31)(H,27,28,29). The fraction of sp³-hybridized carbons (Fsp3) is 0.318. The van der Waals surface area contributed by atoms with Crippen molar-refractivity contribution in [3.63, 3.8) is 0 Å². The number of morpholine rings is 1. The predicted octanol–water partition coefficient (Wildman–Crippen LogP) is 3.93. The van der Waals surface area contributed by atoms with Gasteiger partial charge in [0, 0.05) is 24.8 Å². The zero-order chi connectivity index (χ0) is 23.5. The number of hydrogen-bond donors (Lipinski definition) is 2. The van der Waals surface area contributed by atoms with Gasteiger partial charge in [-0.3, -0.25) is 4.79 Å². The molecule has 0 saturated carbocycles. The molecule has 0 amide bonds. The van der Waals surface area contributed by atoms with Crippen LogP contribution in [0.1, 0.15) is 13.8 Å². The lowest BCUT2D eigenvalue weighted by molar-refractivity contribution is -0.0498. The summed E-state index contributed by atoms with van der Waals surface area (Å²) in [6, 6.07) is 7.43. The van der Waals surface area contributed by atoms with Gasteiger partial charge in [-0.05, 0) is 37.6 Å². The highest BCUT2D eigenvalue weighted by Crippen LogP contribution is 2.26. The lowest BCUT2D eigenvalue weighted by atomic mass is 10.1. The van der Waals surface area contributed by atoms with Crippen molar-refractivity contribution in [3.8, 4) is 16.9 Å². The van der Waals surface area contributed by atoms with Gasteiger partial charge in [0.05, 0.1) is 18.4 Å². The van der Waals surface area contributed by atoms with E-state index in [1.807, 2.05) is 18.7 Å². The lowest BCUT2D eigenvalue weighted by Crippen LogP contribution is -2.46. The molecule has 3 heterocycles. The number of alkyl halides is 2. The van der Waals surface area contributed by atoms with Crippen molar-refractivity contribution in [1.82, 2.24) is 15.0 Å². The van der Waals surface area contributed by atoms with Crippen LogP contribution in [0.15, 0.2) is 47.5 Å². The minimum absolute atomic E-state index is 0.0128. The zero-order valence-electron chi connectivity index (χ0n) is 17.9. The normalized spacial score (nSPS) is 18.4. The second-order valence-corrected chi connectivity index (χ2v) is 7.69. The molecule has 2 N–H and O–H groups in total. The summed E-state index contributed by atoms with van der Waals surface area (Å²) in [6.07, 6.45) is 2.45. The second-order valence-electron chi connectivity index (χ2n) is 7.69. The number of rotatable bonds is 6. The zero-order valence-corrected chi connectivity index (χ0v) is 17.9. The number of halogens is 3. The Balaban J connectivity index is 1.58. The number of benzene rings is 1. The van der Waals surface area contributed by atoms with Crippen LogP contribution in [0.4, 0.5) is 30.6 Å². The molecule has 1 aromatic carbocycles. The monoisotopic (exact) mass is 461 g/mol. The largest absolute Gasteiger partial charge is 0.435 e. The first-order valence-electron chi connectivity index (χ1n) is 10.3. The van der Waals surface area contributed by atoms with E-state index in [2.05, 4.69) is 25.0 Å². The minimum Gasteiger partial charge on any atom is -0.435 e. The van der Waals surface area contributed by atoms with Crippen LogP contribution in [0.25, 0.3) is 11.1 Å². The van der Waals surface area contributed by atoms with Crippen molar-refractivity contribution in [3.05, 3.63) is 58.9 Å². The highest BCUT2D eigenvalue weighted by atomic mass is 19.3. The maximum Gasteiger partial charge on any atom is 0.387 e. The number of hydrogen-bond acceptors (Lipinski definition) is 7. The van der Waals surface area contributed by atoms with Crippen molar-refractivity contribution in [2.75, 3.05) is 23.3 Å². The Morgan fingerprint density at radius 1 is 1.18 bits per heavy atom. The molecule has 11 heteroatoms. The van der Waals surface area contributed by atoms with Crippen LogP contribution in [0, 0.1) is 5.82 Å². The fourth-order valence-corrected chi connectivity index (χ4v) is 3.64. The summed E-state index contributed by atoms with van der Waals surface area (Å²) < 4.78 is 49.2. The smallest absolute Gasteiger partial charge is 0.387 e. The van der Waals surface area contributed by atoms with E-state index in [0.717, 1.165) is 6.20 Å². The van der Waals surface area contributed by atoms with E-state index in [1.165, 1.54) is 24.4 Å². The quantitative estimate of drug-likeness (QED) is 0.575. The van der Waals surface area contributed by atoms with Gasteiger partial charge in [0.1, 0.15) is 11.4 Å². The van der Waals surface area contributed by atoms with Gasteiger partial charge in [0.2, 0.25) is 5.95 Å². The van der Waals surface area contributed by atoms with Crippen LogP contribution in [-0.2, 0) is 4.74 Å². The van der Waals surface area contributed by atoms with E-state index in [0.29, 0.717) is 30.2 Å². The number of nitrogens with zero attached hydrogens (tertiary/aromatic N) is 3. The molecule has 2 aromatic heterocycles. The van der Waals surface area contributed by atoms with Crippen molar-refractivity contribution in [1.29, 1.82) is 0 Å². The first-order chi connectivity index (χ1) is 15.8. The summed E-state index contributed by atoms with van der Waals surface area (Å²) in [7, 11) is 0. The number of anilines is 3. The van der Waals surface area contributed by atoms with Crippen molar-refractivity contribution >= 4 is 17.5 Å². The molecule has 0 radical (unpaired) electrons. The minimum atomic E-state index is -2.92. The number of nitrogens with one attached hydrogen (secondary N) is 2. The first kappa shape index (κ1) is 22.6. The van der Waals surface area contributed by atoms with Crippen molar-refractivity contribution in [2.24, 2.45) is 0 Å². The summed E-state index contributed by atoms with van der Waals surface area (Å²) in [5, 5.41) is 2.74. The molecule has 1 aliphatic rings. The Hall–Kier alpha value is -3.60. The van der Waals surface area contributed by atoms with Crippen LogP contribution >= 0.6 is 0 Å². The Labute approximate surface area is 187 Å². The van der Waals surface area contributed by atoms with E-state index in [1.54, 1.807) is 12.1 Å². The number of H-pyrrole nitrogens is 1. The molecule has 8 nitrogen and oxygen atoms in total. The highest BCUT2D eigenvalue weighted by Gasteiger charge is 2.25. The summed E-state index contributed by atoms with van der Waals surface area (Å²) in [5.74, 6) is -0.525. The maximum absolute atomic E-state index is 14.5. The molecule has 33 heavy (non-hydrogen) atoms. The molecule has 0 spiro atoms. The molecule has 4 rings (SSSR count). The Bertz CT molecular complexity index is 1160. The van der Waals surface area contributed by atoms with Crippen LogP contribution < -0.4 is 20.5 Å². The topological polar surface area (TPSA) is 92.4 Å². The Morgan fingerprint density at radius 3 is 2.55 bits per heavy atom. The van der Waals surface area contributed by atoms with E-state index in [-0.39, 0.29) is 29.5 Å². The third-order valence-corrected chi connectivity index (χ3v) is 5.00. The van der Waals surface area contributed by atoms with Gasteiger partial charge in [-0.25, -0.2) is 9.37 Å². The average molecular weight is 461 g/mol. The SMILES string of the molecule is CC1CN(c2ncc(F)c(Nc3cc(-c4ccc(OC(F)F)cc4)c[nH]c3=O)n2)CC(C)O1.